The van der Waals surface area contributed by atoms with Crippen molar-refractivity contribution in [3.63, 3.8) is 0 Å². The fourth-order valence-corrected chi connectivity index (χ4v) is 3.67. The lowest BCUT2D eigenvalue weighted by Gasteiger charge is -2.37. The summed E-state index contributed by atoms with van der Waals surface area (Å²) in [4.78, 5) is 2.42. The van der Waals surface area contributed by atoms with E-state index in [1.54, 1.807) is 0 Å². The SMILES string of the molecule is CCCC1CCC(O)C(CN(CC)c2ccc(C)cc2)C1. The van der Waals surface area contributed by atoms with Gasteiger partial charge in [0.15, 0.2) is 0 Å². The number of aliphatic hydroxyl groups excluding tert-OH is 1. The fourth-order valence-electron chi connectivity index (χ4n) is 3.67. The molecule has 0 heterocycles. The Morgan fingerprint density at radius 3 is 2.48 bits per heavy atom. The van der Waals surface area contributed by atoms with E-state index in [2.05, 4.69) is 49.9 Å². The highest BCUT2D eigenvalue weighted by molar-refractivity contribution is 5.47. The molecule has 1 saturated carbocycles. The summed E-state index contributed by atoms with van der Waals surface area (Å²) in [5.74, 6) is 1.25. The first-order valence-corrected chi connectivity index (χ1v) is 8.63. The van der Waals surface area contributed by atoms with Crippen molar-refractivity contribution in [1.82, 2.24) is 0 Å². The Balaban J connectivity index is 2.00. The molecule has 1 aliphatic carbocycles. The lowest BCUT2D eigenvalue weighted by Crippen LogP contribution is -2.39. The van der Waals surface area contributed by atoms with Gasteiger partial charge in [-0.25, -0.2) is 0 Å². The molecule has 3 atom stereocenters. The summed E-state index contributed by atoms with van der Waals surface area (Å²) in [7, 11) is 0. The van der Waals surface area contributed by atoms with Crippen LogP contribution in [0.15, 0.2) is 24.3 Å². The topological polar surface area (TPSA) is 23.5 Å². The van der Waals surface area contributed by atoms with Crippen LogP contribution in [0.3, 0.4) is 0 Å². The molecule has 0 radical (unpaired) electrons. The monoisotopic (exact) mass is 289 g/mol. The number of hydrogen-bond donors (Lipinski definition) is 1. The van der Waals surface area contributed by atoms with Crippen LogP contribution in [0.25, 0.3) is 0 Å². The van der Waals surface area contributed by atoms with Crippen LogP contribution in [0, 0.1) is 18.8 Å². The smallest absolute Gasteiger partial charge is 0.0585 e. The van der Waals surface area contributed by atoms with Crippen LogP contribution in [0.1, 0.15) is 51.5 Å². The number of anilines is 1. The van der Waals surface area contributed by atoms with Crippen molar-refractivity contribution >= 4 is 5.69 Å². The Morgan fingerprint density at radius 2 is 1.86 bits per heavy atom. The van der Waals surface area contributed by atoms with E-state index in [1.165, 1.54) is 36.9 Å². The van der Waals surface area contributed by atoms with Gasteiger partial charge in [-0.05, 0) is 51.2 Å². The van der Waals surface area contributed by atoms with Gasteiger partial charge in [-0.2, -0.15) is 0 Å². The fraction of sp³-hybridized carbons (Fsp3) is 0.684. The molecule has 1 fully saturated rings. The highest BCUT2D eigenvalue weighted by Gasteiger charge is 2.29. The van der Waals surface area contributed by atoms with Crippen molar-refractivity contribution in [2.75, 3.05) is 18.0 Å². The van der Waals surface area contributed by atoms with Crippen molar-refractivity contribution in [3.05, 3.63) is 29.8 Å². The summed E-state index contributed by atoms with van der Waals surface area (Å²) in [6.07, 6.45) is 5.86. The van der Waals surface area contributed by atoms with E-state index in [-0.39, 0.29) is 6.10 Å². The second-order valence-electron chi connectivity index (χ2n) is 6.67. The molecular weight excluding hydrogens is 258 g/mol. The molecule has 1 aromatic rings. The molecule has 1 aliphatic rings. The van der Waals surface area contributed by atoms with Gasteiger partial charge < -0.3 is 10.0 Å². The summed E-state index contributed by atoms with van der Waals surface area (Å²) in [6, 6.07) is 8.76. The van der Waals surface area contributed by atoms with Crippen LogP contribution in [-0.4, -0.2) is 24.3 Å². The molecule has 0 aliphatic heterocycles. The summed E-state index contributed by atoms with van der Waals surface area (Å²) in [5.41, 5.74) is 2.59. The molecule has 21 heavy (non-hydrogen) atoms. The molecule has 118 valence electrons. The van der Waals surface area contributed by atoms with Gasteiger partial charge in [0.25, 0.3) is 0 Å². The third-order valence-corrected chi connectivity index (χ3v) is 4.98. The van der Waals surface area contributed by atoms with Gasteiger partial charge in [0.05, 0.1) is 6.10 Å². The van der Waals surface area contributed by atoms with Gasteiger partial charge in [-0.15, -0.1) is 0 Å². The standard InChI is InChI=1S/C19H31NO/c1-4-6-16-9-12-19(21)17(13-16)14-20(5-2)18-10-7-15(3)8-11-18/h7-8,10-11,16-17,19,21H,4-6,9,12-14H2,1-3H3. The quantitative estimate of drug-likeness (QED) is 0.839. The maximum Gasteiger partial charge on any atom is 0.0585 e. The number of aryl methyl sites for hydroxylation is 1. The number of aliphatic hydroxyl groups is 1. The molecule has 2 rings (SSSR count). The number of benzene rings is 1. The van der Waals surface area contributed by atoms with Gasteiger partial charge in [0, 0.05) is 24.7 Å². The zero-order chi connectivity index (χ0) is 15.2. The van der Waals surface area contributed by atoms with Crippen LogP contribution in [0.5, 0.6) is 0 Å². The first-order chi connectivity index (χ1) is 10.1. The van der Waals surface area contributed by atoms with Crippen molar-refractivity contribution in [2.24, 2.45) is 11.8 Å². The Kier molecular flexibility index (Phi) is 6.10. The third-order valence-electron chi connectivity index (χ3n) is 4.98. The van der Waals surface area contributed by atoms with Crippen molar-refractivity contribution in [2.45, 2.75) is 59.0 Å². The summed E-state index contributed by atoms with van der Waals surface area (Å²) in [6.45, 7) is 8.59. The second kappa shape index (κ2) is 7.84. The highest BCUT2D eigenvalue weighted by atomic mass is 16.3. The molecule has 2 heteroatoms. The Labute approximate surface area is 130 Å². The third kappa shape index (κ3) is 4.47. The van der Waals surface area contributed by atoms with E-state index in [4.69, 9.17) is 0 Å². The van der Waals surface area contributed by atoms with Crippen LogP contribution < -0.4 is 4.90 Å². The molecule has 2 nitrogen and oxygen atoms in total. The van der Waals surface area contributed by atoms with Crippen molar-refractivity contribution in [1.29, 1.82) is 0 Å². The van der Waals surface area contributed by atoms with E-state index in [0.29, 0.717) is 5.92 Å². The zero-order valence-corrected chi connectivity index (χ0v) is 13.9. The molecule has 0 aromatic heterocycles. The van der Waals surface area contributed by atoms with Gasteiger partial charge in [-0.1, -0.05) is 37.5 Å². The van der Waals surface area contributed by atoms with E-state index in [1.807, 2.05) is 0 Å². The number of rotatable bonds is 6. The van der Waals surface area contributed by atoms with Crippen LogP contribution in [-0.2, 0) is 0 Å². The molecule has 0 spiro atoms. The van der Waals surface area contributed by atoms with Crippen LogP contribution in [0.4, 0.5) is 5.69 Å². The van der Waals surface area contributed by atoms with Gasteiger partial charge in [-0.3, -0.25) is 0 Å². The predicted octanol–water partition coefficient (Wildman–Crippen LogP) is 4.40. The second-order valence-corrected chi connectivity index (χ2v) is 6.67. The van der Waals surface area contributed by atoms with E-state index < -0.39 is 0 Å². The average molecular weight is 289 g/mol. The molecule has 1 aromatic carbocycles. The molecule has 0 bridgehead atoms. The number of hydrogen-bond acceptors (Lipinski definition) is 2. The molecular formula is C19H31NO. The van der Waals surface area contributed by atoms with E-state index >= 15 is 0 Å². The van der Waals surface area contributed by atoms with Crippen LogP contribution >= 0.6 is 0 Å². The van der Waals surface area contributed by atoms with E-state index in [9.17, 15) is 5.11 Å². The lowest BCUT2D eigenvalue weighted by atomic mass is 9.77. The summed E-state index contributed by atoms with van der Waals surface area (Å²) >= 11 is 0. The highest BCUT2D eigenvalue weighted by Crippen LogP contribution is 2.33. The molecule has 0 saturated heterocycles. The Hall–Kier alpha value is -1.02. The van der Waals surface area contributed by atoms with Crippen molar-refractivity contribution in [3.8, 4) is 0 Å². The Bertz CT molecular complexity index is 414. The largest absolute Gasteiger partial charge is 0.393 e. The average Bonchev–Trinajstić information content (AvgIpc) is 2.49. The van der Waals surface area contributed by atoms with Gasteiger partial charge in [0.1, 0.15) is 0 Å². The summed E-state index contributed by atoms with van der Waals surface area (Å²) in [5, 5.41) is 10.4. The molecule has 3 unspecified atom stereocenters. The zero-order valence-electron chi connectivity index (χ0n) is 13.9. The Morgan fingerprint density at radius 1 is 1.14 bits per heavy atom. The summed E-state index contributed by atoms with van der Waals surface area (Å²) < 4.78 is 0. The molecule has 0 amide bonds. The van der Waals surface area contributed by atoms with Crippen LogP contribution in [0.2, 0.25) is 0 Å². The van der Waals surface area contributed by atoms with Gasteiger partial charge >= 0.3 is 0 Å². The maximum absolute atomic E-state index is 10.4. The first kappa shape index (κ1) is 16.4. The first-order valence-electron chi connectivity index (χ1n) is 8.63. The van der Waals surface area contributed by atoms with Gasteiger partial charge in [0.2, 0.25) is 0 Å². The lowest BCUT2D eigenvalue weighted by molar-refractivity contribution is 0.0495. The maximum atomic E-state index is 10.4. The molecule has 1 N–H and O–H groups in total. The minimum absolute atomic E-state index is 0.113. The predicted molar refractivity (Wildman–Crippen MR) is 90.8 cm³/mol. The van der Waals surface area contributed by atoms with Crippen molar-refractivity contribution < 1.29 is 5.11 Å². The number of nitrogens with zero attached hydrogens (tertiary/aromatic N) is 1. The van der Waals surface area contributed by atoms with E-state index in [0.717, 1.165) is 25.4 Å². The minimum Gasteiger partial charge on any atom is -0.393 e. The normalized spacial score (nSPS) is 25.8. The minimum atomic E-state index is -0.113.